The van der Waals surface area contributed by atoms with E-state index in [0.29, 0.717) is 11.8 Å². The molecule has 1 saturated carbocycles. The molecule has 3 aromatic heterocycles. The Kier molecular flexibility index (Phi) is 5.05. The molecular formula is C21H28N6. The molecule has 6 nitrogen and oxygen atoms in total. The zero-order valence-electron chi connectivity index (χ0n) is 16.4. The fourth-order valence-electron chi connectivity index (χ4n) is 4.01. The van der Waals surface area contributed by atoms with Gasteiger partial charge in [0.05, 0.1) is 17.6 Å². The van der Waals surface area contributed by atoms with E-state index >= 15 is 0 Å². The SMILES string of the molecule is CC(C)C[C@@H](Nc1nc(C2CCCC2)nc2c1cnn2C)c1cccnc1. The lowest BCUT2D eigenvalue weighted by Crippen LogP contribution is -2.16. The lowest BCUT2D eigenvalue weighted by atomic mass is 9.98. The molecule has 0 aliphatic heterocycles. The maximum atomic E-state index is 4.97. The van der Waals surface area contributed by atoms with Gasteiger partial charge in [0.2, 0.25) is 0 Å². The zero-order chi connectivity index (χ0) is 18.8. The average molecular weight is 364 g/mol. The quantitative estimate of drug-likeness (QED) is 0.691. The topological polar surface area (TPSA) is 68.5 Å². The van der Waals surface area contributed by atoms with Gasteiger partial charge in [-0.1, -0.05) is 32.8 Å². The van der Waals surface area contributed by atoms with Gasteiger partial charge >= 0.3 is 0 Å². The average Bonchev–Trinajstić information content (AvgIpc) is 3.32. The number of anilines is 1. The maximum Gasteiger partial charge on any atom is 0.163 e. The van der Waals surface area contributed by atoms with E-state index in [2.05, 4.69) is 35.3 Å². The third kappa shape index (κ3) is 3.80. The molecule has 1 aliphatic carbocycles. The fraction of sp³-hybridized carbons (Fsp3) is 0.524. The van der Waals surface area contributed by atoms with Crippen LogP contribution in [0.5, 0.6) is 0 Å². The Balaban J connectivity index is 1.74. The van der Waals surface area contributed by atoms with Gasteiger partial charge in [0.1, 0.15) is 11.6 Å². The minimum Gasteiger partial charge on any atom is -0.362 e. The van der Waals surface area contributed by atoms with Crippen molar-refractivity contribution in [1.82, 2.24) is 24.7 Å². The number of fused-ring (bicyclic) bond motifs is 1. The molecule has 3 heterocycles. The molecule has 1 aliphatic rings. The van der Waals surface area contributed by atoms with Crippen molar-refractivity contribution in [2.24, 2.45) is 13.0 Å². The molecule has 0 spiro atoms. The predicted molar refractivity (Wildman–Crippen MR) is 108 cm³/mol. The van der Waals surface area contributed by atoms with E-state index in [1.807, 2.05) is 36.4 Å². The Morgan fingerprint density at radius 3 is 2.70 bits per heavy atom. The van der Waals surface area contributed by atoms with Crippen molar-refractivity contribution in [2.45, 2.75) is 57.9 Å². The third-order valence-corrected chi connectivity index (χ3v) is 5.43. The van der Waals surface area contributed by atoms with Crippen LogP contribution in [0.4, 0.5) is 5.82 Å². The van der Waals surface area contributed by atoms with Crippen molar-refractivity contribution < 1.29 is 0 Å². The first kappa shape index (κ1) is 17.9. The first-order chi connectivity index (χ1) is 13.1. The first-order valence-electron chi connectivity index (χ1n) is 9.98. The van der Waals surface area contributed by atoms with Crippen LogP contribution >= 0.6 is 0 Å². The van der Waals surface area contributed by atoms with Gasteiger partial charge < -0.3 is 5.32 Å². The molecule has 0 amide bonds. The molecule has 0 unspecified atom stereocenters. The van der Waals surface area contributed by atoms with Crippen LogP contribution in [0.1, 0.15) is 69.3 Å². The van der Waals surface area contributed by atoms with Gasteiger partial charge in [-0.05, 0) is 36.8 Å². The lowest BCUT2D eigenvalue weighted by molar-refractivity contribution is 0.529. The third-order valence-electron chi connectivity index (χ3n) is 5.43. The van der Waals surface area contributed by atoms with Crippen LogP contribution in [-0.2, 0) is 7.05 Å². The van der Waals surface area contributed by atoms with E-state index in [1.165, 1.54) is 31.2 Å². The maximum absolute atomic E-state index is 4.97. The molecule has 0 bridgehead atoms. The molecule has 0 radical (unpaired) electrons. The molecule has 0 aromatic carbocycles. The van der Waals surface area contributed by atoms with Gasteiger partial charge in [0.15, 0.2) is 5.65 Å². The lowest BCUT2D eigenvalue weighted by Gasteiger charge is -2.22. The van der Waals surface area contributed by atoms with Crippen LogP contribution in [0.15, 0.2) is 30.7 Å². The molecule has 3 aromatic rings. The Hall–Kier alpha value is -2.50. The van der Waals surface area contributed by atoms with E-state index in [4.69, 9.17) is 9.97 Å². The van der Waals surface area contributed by atoms with Crippen molar-refractivity contribution in [3.8, 4) is 0 Å². The second kappa shape index (κ2) is 7.62. The van der Waals surface area contributed by atoms with Crippen LogP contribution in [0.3, 0.4) is 0 Å². The van der Waals surface area contributed by atoms with Gasteiger partial charge in [-0.3, -0.25) is 9.67 Å². The highest BCUT2D eigenvalue weighted by molar-refractivity contribution is 5.86. The number of hydrogen-bond donors (Lipinski definition) is 1. The Morgan fingerprint density at radius 2 is 2.00 bits per heavy atom. The summed E-state index contributed by atoms with van der Waals surface area (Å²) in [4.78, 5) is 14.1. The minimum atomic E-state index is 0.161. The van der Waals surface area contributed by atoms with Crippen LogP contribution in [0, 0.1) is 5.92 Å². The Labute approximate surface area is 160 Å². The summed E-state index contributed by atoms with van der Waals surface area (Å²) >= 11 is 0. The predicted octanol–water partition coefficient (Wildman–Crippen LogP) is 4.62. The summed E-state index contributed by atoms with van der Waals surface area (Å²) in [6.07, 6.45) is 11.5. The molecule has 6 heteroatoms. The Morgan fingerprint density at radius 1 is 1.19 bits per heavy atom. The van der Waals surface area contributed by atoms with Crippen molar-refractivity contribution in [2.75, 3.05) is 5.32 Å². The van der Waals surface area contributed by atoms with E-state index in [-0.39, 0.29) is 6.04 Å². The van der Waals surface area contributed by atoms with Crippen LogP contribution < -0.4 is 5.32 Å². The highest BCUT2D eigenvalue weighted by atomic mass is 15.3. The van der Waals surface area contributed by atoms with Crippen molar-refractivity contribution in [1.29, 1.82) is 0 Å². The second-order valence-corrected chi connectivity index (χ2v) is 8.03. The number of rotatable bonds is 6. The van der Waals surface area contributed by atoms with E-state index in [1.54, 1.807) is 0 Å². The summed E-state index contributed by atoms with van der Waals surface area (Å²) in [6, 6.07) is 4.29. The summed E-state index contributed by atoms with van der Waals surface area (Å²) in [5, 5.41) is 9.11. The van der Waals surface area contributed by atoms with Gasteiger partial charge in [-0.2, -0.15) is 5.10 Å². The smallest absolute Gasteiger partial charge is 0.163 e. The van der Waals surface area contributed by atoms with E-state index in [0.717, 1.165) is 29.1 Å². The number of aryl methyl sites for hydroxylation is 1. The summed E-state index contributed by atoms with van der Waals surface area (Å²) in [5.41, 5.74) is 2.09. The van der Waals surface area contributed by atoms with Crippen LogP contribution in [-0.4, -0.2) is 24.7 Å². The molecule has 0 saturated heterocycles. The standard InChI is InChI=1S/C21H28N6/c1-14(2)11-18(16-9-6-10-22-12-16)24-20-17-13-23-27(3)21(17)26-19(25-20)15-7-4-5-8-15/h6,9-10,12-15,18H,4-5,7-8,11H2,1-3H3,(H,24,25,26)/t18-/m1/s1. The number of nitrogens with one attached hydrogen (secondary N) is 1. The van der Waals surface area contributed by atoms with Crippen LogP contribution in [0.25, 0.3) is 11.0 Å². The summed E-state index contributed by atoms with van der Waals surface area (Å²) in [5.74, 6) is 2.88. The summed E-state index contributed by atoms with van der Waals surface area (Å²) < 4.78 is 1.85. The van der Waals surface area contributed by atoms with Gasteiger partial charge in [0.25, 0.3) is 0 Å². The van der Waals surface area contributed by atoms with Gasteiger partial charge in [0, 0.05) is 25.4 Å². The molecule has 27 heavy (non-hydrogen) atoms. The monoisotopic (exact) mass is 364 g/mol. The van der Waals surface area contributed by atoms with Crippen molar-refractivity contribution in [3.63, 3.8) is 0 Å². The summed E-state index contributed by atoms with van der Waals surface area (Å²) in [7, 11) is 1.95. The number of pyridine rings is 1. The highest BCUT2D eigenvalue weighted by Crippen LogP contribution is 2.35. The number of nitrogens with zero attached hydrogens (tertiary/aromatic N) is 5. The zero-order valence-corrected chi connectivity index (χ0v) is 16.4. The normalized spacial score (nSPS) is 16.3. The fourth-order valence-corrected chi connectivity index (χ4v) is 4.01. The van der Waals surface area contributed by atoms with Gasteiger partial charge in [-0.25, -0.2) is 9.97 Å². The Bertz CT molecular complexity index is 896. The largest absolute Gasteiger partial charge is 0.362 e. The number of hydrogen-bond acceptors (Lipinski definition) is 5. The van der Waals surface area contributed by atoms with Gasteiger partial charge in [-0.15, -0.1) is 0 Å². The molecule has 142 valence electrons. The molecule has 4 rings (SSSR count). The molecule has 1 N–H and O–H groups in total. The second-order valence-electron chi connectivity index (χ2n) is 8.03. The minimum absolute atomic E-state index is 0.161. The number of aromatic nitrogens is 5. The van der Waals surface area contributed by atoms with Crippen molar-refractivity contribution >= 4 is 16.9 Å². The summed E-state index contributed by atoms with van der Waals surface area (Å²) in [6.45, 7) is 4.49. The highest BCUT2D eigenvalue weighted by Gasteiger charge is 2.24. The molecule has 1 fully saturated rings. The van der Waals surface area contributed by atoms with E-state index in [9.17, 15) is 0 Å². The molecular weight excluding hydrogens is 336 g/mol. The first-order valence-corrected chi connectivity index (χ1v) is 9.98. The van der Waals surface area contributed by atoms with Crippen molar-refractivity contribution in [3.05, 3.63) is 42.1 Å². The van der Waals surface area contributed by atoms with Crippen LogP contribution in [0.2, 0.25) is 0 Å². The molecule has 1 atom stereocenters. The van der Waals surface area contributed by atoms with E-state index < -0.39 is 0 Å².